The summed E-state index contributed by atoms with van der Waals surface area (Å²) >= 11 is 0. The second-order valence-electron chi connectivity index (χ2n) is 5.61. The molecule has 0 aliphatic carbocycles. The summed E-state index contributed by atoms with van der Waals surface area (Å²) < 4.78 is 13.7. The molecule has 0 saturated carbocycles. The molecule has 1 aromatic carbocycles. The highest BCUT2D eigenvalue weighted by molar-refractivity contribution is 5.39. The van der Waals surface area contributed by atoms with Gasteiger partial charge in [0, 0.05) is 38.1 Å². The number of rotatable bonds is 7. The van der Waals surface area contributed by atoms with Gasteiger partial charge < -0.3 is 10.2 Å². The minimum Gasteiger partial charge on any atom is -0.364 e. The Bertz CT molecular complexity index is 811. The Morgan fingerprint density at radius 3 is 2.72 bits per heavy atom. The molecule has 2 heterocycles. The topological polar surface area (TPSA) is 66.8 Å². The second-order valence-corrected chi connectivity index (χ2v) is 5.61. The predicted octanol–water partition coefficient (Wildman–Crippen LogP) is 2.70. The third-order valence-electron chi connectivity index (χ3n) is 3.79. The lowest BCUT2D eigenvalue weighted by molar-refractivity contribution is 0.613. The molecule has 0 fully saturated rings. The van der Waals surface area contributed by atoms with E-state index in [9.17, 15) is 4.39 Å². The number of hydrogen-bond donors (Lipinski definition) is 1. The zero-order valence-electron chi connectivity index (χ0n) is 13.9. The molecule has 6 nitrogen and oxygen atoms in total. The Hall–Kier alpha value is -3.09. The standard InChI is InChI=1S/C18H19FN6/c1-25(11-8-14-6-9-20-10-7-14)18-23-17(13-22-24-18)21-12-15-4-2-3-5-16(15)19/h2-7,9-10,13H,8,11-12H2,1H3,(H,21,23,24). The van der Waals surface area contributed by atoms with Gasteiger partial charge in [-0.25, -0.2) is 4.39 Å². The Morgan fingerprint density at radius 2 is 1.92 bits per heavy atom. The van der Waals surface area contributed by atoms with Crippen LogP contribution in [-0.4, -0.2) is 33.8 Å². The fraction of sp³-hybridized carbons (Fsp3) is 0.222. The van der Waals surface area contributed by atoms with Gasteiger partial charge in [0.05, 0.1) is 6.20 Å². The summed E-state index contributed by atoms with van der Waals surface area (Å²) in [5, 5.41) is 11.1. The molecule has 0 bridgehead atoms. The largest absolute Gasteiger partial charge is 0.364 e. The van der Waals surface area contributed by atoms with Gasteiger partial charge in [-0.3, -0.25) is 4.98 Å². The van der Waals surface area contributed by atoms with Gasteiger partial charge >= 0.3 is 0 Å². The average molecular weight is 338 g/mol. The Morgan fingerprint density at radius 1 is 1.12 bits per heavy atom. The molecule has 3 rings (SSSR count). The fourth-order valence-corrected chi connectivity index (χ4v) is 2.31. The molecule has 0 amide bonds. The molecular weight excluding hydrogens is 319 g/mol. The maximum absolute atomic E-state index is 13.7. The van der Waals surface area contributed by atoms with Crippen molar-refractivity contribution < 1.29 is 4.39 Å². The van der Waals surface area contributed by atoms with Crippen LogP contribution >= 0.6 is 0 Å². The summed E-state index contributed by atoms with van der Waals surface area (Å²) in [6.07, 6.45) is 5.94. The van der Waals surface area contributed by atoms with E-state index < -0.39 is 0 Å². The maximum Gasteiger partial charge on any atom is 0.247 e. The SMILES string of the molecule is CN(CCc1ccncc1)c1nncc(NCc2ccccc2F)n1. The lowest BCUT2D eigenvalue weighted by atomic mass is 10.2. The first-order valence-corrected chi connectivity index (χ1v) is 7.99. The van der Waals surface area contributed by atoms with E-state index in [0.717, 1.165) is 13.0 Å². The van der Waals surface area contributed by atoms with Crippen LogP contribution in [0.25, 0.3) is 0 Å². The minimum absolute atomic E-state index is 0.244. The Labute approximate surface area is 145 Å². The van der Waals surface area contributed by atoms with Crippen LogP contribution in [0.5, 0.6) is 0 Å². The average Bonchev–Trinajstić information content (AvgIpc) is 2.66. The molecule has 0 unspecified atom stereocenters. The molecule has 25 heavy (non-hydrogen) atoms. The van der Waals surface area contributed by atoms with E-state index in [-0.39, 0.29) is 5.82 Å². The normalized spacial score (nSPS) is 10.5. The van der Waals surface area contributed by atoms with Crippen molar-refractivity contribution in [1.82, 2.24) is 20.2 Å². The van der Waals surface area contributed by atoms with Crippen molar-refractivity contribution >= 4 is 11.8 Å². The molecule has 3 aromatic rings. The van der Waals surface area contributed by atoms with Crippen molar-refractivity contribution in [2.45, 2.75) is 13.0 Å². The van der Waals surface area contributed by atoms with Crippen LogP contribution in [0.1, 0.15) is 11.1 Å². The van der Waals surface area contributed by atoms with Gasteiger partial charge in [0.25, 0.3) is 0 Å². The second kappa shape index (κ2) is 8.14. The van der Waals surface area contributed by atoms with Crippen LogP contribution in [0.15, 0.2) is 55.0 Å². The van der Waals surface area contributed by atoms with Crippen LogP contribution in [-0.2, 0) is 13.0 Å². The van der Waals surface area contributed by atoms with Crippen molar-refractivity contribution in [3.8, 4) is 0 Å². The molecule has 0 saturated heterocycles. The highest BCUT2D eigenvalue weighted by Crippen LogP contribution is 2.12. The number of benzene rings is 1. The maximum atomic E-state index is 13.7. The van der Waals surface area contributed by atoms with Crippen LogP contribution in [0.2, 0.25) is 0 Å². The molecule has 0 aliphatic rings. The number of aromatic nitrogens is 4. The molecule has 0 aliphatic heterocycles. The van der Waals surface area contributed by atoms with Crippen molar-refractivity contribution in [1.29, 1.82) is 0 Å². The van der Waals surface area contributed by atoms with E-state index in [1.165, 1.54) is 17.8 Å². The molecule has 1 N–H and O–H groups in total. The Kier molecular flexibility index (Phi) is 5.46. The quantitative estimate of drug-likeness (QED) is 0.714. The number of anilines is 2. The molecule has 2 aromatic heterocycles. The number of pyridine rings is 1. The monoisotopic (exact) mass is 338 g/mol. The van der Waals surface area contributed by atoms with Crippen LogP contribution in [0.4, 0.5) is 16.2 Å². The Balaban J connectivity index is 1.59. The predicted molar refractivity (Wildman–Crippen MR) is 94.8 cm³/mol. The van der Waals surface area contributed by atoms with Crippen molar-refractivity contribution in [2.24, 2.45) is 0 Å². The summed E-state index contributed by atoms with van der Waals surface area (Å²) in [5.74, 6) is 0.836. The van der Waals surface area contributed by atoms with E-state index in [4.69, 9.17) is 0 Å². The first-order valence-electron chi connectivity index (χ1n) is 7.99. The van der Waals surface area contributed by atoms with Crippen LogP contribution in [0, 0.1) is 5.82 Å². The number of halogens is 1. The van der Waals surface area contributed by atoms with Crippen molar-refractivity contribution in [2.75, 3.05) is 23.8 Å². The van der Waals surface area contributed by atoms with Gasteiger partial charge in [0.15, 0.2) is 5.82 Å². The van der Waals surface area contributed by atoms with Gasteiger partial charge in [0.2, 0.25) is 5.95 Å². The van der Waals surface area contributed by atoms with Crippen LogP contribution < -0.4 is 10.2 Å². The lowest BCUT2D eigenvalue weighted by Crippen LogP contribution is -2.23. The van der Waals surface area contributed by atoms with E-state index in [2.05, 4.69) is 25.5 Å². The molecule has 7 heteroatoms. The van der Waals surface area contributed by atoms with Gasteiger partial charge in [-0.1, -0.05) is 18.2 Å². The van der Waals surface area contributed by atoms with Gasteiger partial charge in [0.1, 0.15) is 5.82 Å². The highest BCUT2D eigenvalue weighted by Gasteiger charge is 2.07. The molecule has 0 atom stereocenters. The third-order valence-corrected chi connectivity index (χ3v) is 3.79. The van der Waals surface area contributed by atoms with E-state index in [1.54, 1.807) is 30.6 Å². The van der Waals surface area contributed by atoms with Gasteiger partial charge in [-0.05, 0) is 30.2 Å². The number of nitrogens with zero attached hydrogens (tertiary/aromatic N) is 5. The first-order chi connectivity index (χ1) is 12.2. The number of likely N-dealkylation sites (N-methyl/N-ethyl adjacent to an activating group) is 1. The first kappa shape index (κ1) is 16.8. The molecule has 128 valence electrons. The summed E-state index contributed by atoms with van der Waals surface area (Å²) in [6, 6.07) is 10.6. The van der Waals surface area contributed by atoms with Crippen molar-refractivity contribution in [3.05, 3.63) is 71.9 Å². The summed E-state index contributed by atoms with van der Waals surface area (Å²) in [6.45, 7) is 1.09. The van der Waals surface area contributed by atoms with Gasteiger partial charge in [-0.2, -0.15) is 10.1 Å². The van der Waals surface area contributed by atoms with E-state index in [0.29, 0.717) is 23.9 Å². The summed E-state index contributed by atoms with van der Waals surface area (Å²) in [4.78, 5) is 10.4. The number of nitrogens with one attached hydrogen (secondary N) is 1. The molecule has 0 radical (unpaired) electrons. The zero-order valence-corrected chi connectivity index (χ0v) is 13.9. The van der Waals surface area contributed by atoms with Crippen molar-refractivity contribution in [3.63, 3.8) is 0 Å². The summed E-state index contributed by atoms with van der Waals surface area (Å²) in [7, 11) is 1.92. The minimum atomic E-state index is -0.244. The van der Waals surface area contributed by atoms with Crippen LogP contribution in [0.3, 0.4) is 0 Å². The zero-order chi connectivity index (χ0) is 17.5. The summed E-state index contributed by atoms with van der Waals surface area (Å²) in [5.41, 5.74) is 1.78. The van der Waals surface area contributed by atoms with E-state index in [1.807, 2.05) is 24.1 Å². The number of hydrogen-bond acceptors (Lipinski definition) is 6. The third kappa shape index (κ3) is 4.69. The van der Waals surface area contributed by atoms with E-state index >= 15 is 0 Å². The smallest absolute Gasteiger partial charge is 0.247 e. The fourth-order valence-electron chi connectivity index (χ4n) is 2.31. The molecule has 0 spiro atoms. The van der Waals surface area contributed by atoms with Gasteiger partial charge in [-0.15, -0.1) is 5.10 Å². The highest BCUT2D eigenvalue weighted by atomic mass is 19.1. The lowest BCUT2D eigenvalue weighted by Gasteiger charge is -2.17. The molecular formula is C18H19FN6.